The Morgan fingerprint density at radius 1 is 1.22 bits per heavy atom. The number of nitrogens with one attached hydrogen (secondary N) is 1. The highest BCUT2D eigenvalue weighted by Crippen LogP contribution is 2.35. The average molecular weight is 332 g/mol. The van der Waals surface area contributed by atoms with Crippen LogP contribution in [0, 0.1) is 0 Å². The molecule has 1 heterocycles. The first-order chi connectivity index (χ1) is 11.0. The summed E-state index contributed by atoms with van der Waals surface area (Å²) in [6.07, 6.45) is 0.819. The summed E-state index contributed by atoms with van der Waals surface area (Å²) in [6, 6.07) is 13.5. The van der Waals surface area contributed by atoms with Crippen LogP contribution in [0.15, 0.2) is 47.4 Å². The zero-order valence-electron chi connectivity index (χ0n) is 13.0. The monoisotopic (exact) mass is 332 g/mol. The zero-order chi connectivity index (χ0) is 16.4. The van der Waals surface area contributed by atoms with Crippen molar-refractivity contribution < 1.29 is 13.2 Å². The van der Waals surface area contributed by atoms with Crippen molar-refractivity contribution in [3.8, 4) is 5.75 Å². The second kappa shape index (κ2) is 6.31. The van der Waals surface area contributed by atoms with Gasteiger partial charge >= 0.3 is 0 Å². The number of sulfonamides is 1. The lowest BCUT2D eigenvalue weighted by Crippen LogP contribution is -2.21. The van der Waals surface area contributed by atoms with Crippen LogP contribution >= 0.6 is 0 Å². The first-order valence-corrected chi connectivity index (χ1v) is 9.04. The summed E-state index contributed by atoms with van der Waals surface area (Å²) in [5.74, 6) is 0.389. The van der Waals surface area contributed by atoms with Gasteiger partial charge in [0.15, 0.2) is 0 Å². The summed E-state index contributed by atoms with van der Waals surface area (Å²) >= 11 is 0. The average Bonchev–Trinajstić information content (AvgIpc) is 2.75. The second-order valence-electron chi connectivity index (χ2n) is 5.66. The van der Waals surface area contributed by atoms with E-state index in [9.17, 15) is 8.42 Å². The molecular formula is C17H20N2O3S. The molecule has 1 aliphatic heterocycles. The molecule has 5 nitrogen and oxygen atoms in total. The van der Waals surface area contributed by atoms with E-state index < -0.39 is 10.0 Å². The first kappa shape index (κ1) is 16.0. The molecule has 0 fully saturated rings. The maximum atomic E-state index is 11.9. The summed E-state index contributed by atoms with van der Waals surface area (Å²) in [4.78, 5) is 0.0431. The quantitative estimate of drug-likeness (QED) is 0.895. The third-order valence-electron chi connectivity index (χ3n) is 4.23. The van der Waals surface area contributed by atoms with Crippen molar-refractivity contribution in [3.63, 3.8) is 0 Å². The molecule has 0 aliphatic carbocycles. The molecule has 3 N–H and O–H groups in total. The summed E-state index contributed by atoms with van der Waals surface area (Å²) in [7, 11) is -2.38. The van der Waals surface area contributed by atoms with E-state index in [0.29, 0.717) is 5.75 Å². The first-order valence-electron chi connectivity index (χ1n) is 7.50. The predicted molar refractivity (Wildman–Crippen MR) is 89.2 cm³/mol. The molecule has 6 heteroatoms. The molecule has 0 spiro atoms. The van der Waals surface area contributed by atoms with Crippen LogP contribution in [-0.4, -0.2) is 28.6 Å². The van der Waals surface area contributed by atoms with Gasteiger partial charge in [-0.3, -0.25) is 0 Å². The van der Waals surface area contributed by atoms with E-state index in [1.807, 2.05) is 18.2 Å². The Bertz CT molecular complexity index is 804. The van der Waals surface area contributed by atoms with Crippen LogP contribution in [0.25, 0.3) is 0 Å². The number of benzene rings is 2. The third-order valence-corrected chi connectivity index (χ3v) is 5.16. The van der Waals surface area contributed by atoms with Crippen molar-refractivity contribution in [1.29, 1.82) is 0 Å². The fraction of sp³-hybridized carbons (Fsp3) is 0.294. The van der Waals surface area contributed by atoms with Gasteiger partial charge in [-0.2, -0.15) is 0 Å². The van der Waals surface area contributed by atoms with Crippen LogP contribution in [0.4, 0.5) is 0 Å². The van der Waals surface area contributed by atoms with E-state index in [-0.39, 0.29) is 10.8 Å². The summed E-state index contributed by atoms with van der Waals surface area (Å²) in [5.41, 5.74) is 3.23. The number of nitrogens with two attached hydrogens (primary N) is 1. The van der Waals surface area contributed by atoms with Crippen molar-refractivity contribution in [2.45, 2.75) is 17.2 Å². The van der Waals surface area contributed by atoms with Crippen molar-refractivity contribution in [3.05, 3.63) is 59.2 Å². The molecule has 122 valence electrons. The molecule has 0 aromatic heterocycles. The van der Waals surface area contributed by atoms with Crippen molar-refractivity contribution in [2.75, 3.05) is 20.2 Å². The predicted octanol–water partition coefficient (Wildman–Crippen LogP) is 1.62. The Balaban J connectivity index is 2.20. The number of hydrogen-bond acceptors (Lipinski definition) is 4. The van der Waals surface area contributed by atoms with E-state index >= 15 is 0 Å². The summed E-state index contributed by atoms with van der Waals surface area (Å²) in [6.45, 7) is 1.60. The molecule has 1 atom stereocenters. The minimum atomic E-state index is -3.84. The summed E-state index contributed by atoms with van der Waals surface area (Å²) < 4.78 is 29.1. The minimum absolute atomic E-state index is 0.0431. The second-order valence-corrected chi connectivity index (χ2v) is 7.19. The van der Waals surface area contributed by atoms with Crippen LogP contribution < -0.4 is 15.2 Å². The van der Waals surface area contributed by atoms with Gasteiger partial charge in [0.05, 0.1) is 7.11 Å². The van der Waals surface area contributed by atoms with Crippen molar-refractivity contribution in [1.82, 2.24) is 5.32 Å². The normalized spacial score (nSPS) is 18.1. The highest BCUT2D eigenvalue weighted by Gasteiger charge is 2.25. The lowest BCUT2D eigenvalue weighted by Gasteiger charge is -2.20. The van der Waals surface area contributed by atoms with E-state index in [2.05, 4.69) is 17.4 Å². The molecule has 1 aliphatic rings. The Labute approximate surface area is 136 Å². The highest BCUT2D eigenvalue weighted by molar-refractivity contribution is 7.89. The molecule has 2 aromatic rings. The Hall–Kier alpha value is -1.89. The van der Waals surface area contributed by atoms with E-state index in [0.717, 1.165) is 36.2 Å². The lowest BCUT2D eigenvalue weighted by molar-refractivity contribution is 0.402. The zero-order valence-corrected chi connectivity index (χ0v) is 13.8. The van der Waals surface area contributed by atoms with Gasteiger partial charge in [-0.15, -0.1) is 0 Å². The smallest absolute Gasteiger partial charge is 0.241 e. The van der Waals surface area contributed by atoms with Crippen LogP contribution in [-0.2, 0) is 16.4 Å². The highest BCUT2D eigenvalue weighted by atomic mass is 32.2. The fourth-order valence-corrected chi connectivity index (χ4v) is 3.82. The number of hydrogen-bond donors (Lipinski definition) is 2. The molecule has 0 amide bonds. The van der Waals surface area contributed by atoms with Crippen LogP contribution in [0.1, 0.15) is 22.6 Å². The molecule has 1 unspecified atom stereocenters. The Morgan fingerprint density at radius 2 is 1.96 bits per heavy atom. The van der Waals surface area contributed by atoms with Gasteiger partial charge in [0.1, 0.15) is 10.6 Å². The molecule has 2 aromatic carbocycles. The van der Waals surface area contributed by atoms with Crippen LogP contribution in [0.5, 0.6) is 5.75 Å². The van der Waals surface area contributed by atoms with E-state index in [1.165, 1.54) is 7.11 Å². The molecule has 0 saturated carbocycles. The van der Waals surface area contributed by atoms with Crippen molar-refractivity contribution in [2.24, 2.45) is 5.14 Å². The Kier molecular flexibility index (Phi) is 4.39. The maximum Gasteiger partial charge on any atom is 0.241 e. The van der Waals surface area contributed by atoms with Crippen LogP contribution in [0.2, 0.25) is 0 Å². The van der Waals surface area contributed by atoms with Gasteiger partial charge in [-0.25, -0.2) is 13.6 Å². The van der Waals surface area contributed by atoms with Gasteiger partial charge < -0.3 is 10.1 Å². The topological polar surface area (TPSA) is 81.4 Å². The lowest BCUT2D eigenvalue weighted by atomic mass is 9.88. The standard InChI is InChI=1S/C17H20N2O3S/c1-22-16-9-13-7-8-19-11-15(12-5-3-2-4-6-12)14(13)10-17(16)23(18,20)21/h2-6,9-10,15,19H,7-8,11H2,1H3,(H2,18,20,21). The molecule has 23 heavy (non-hydrogen) atoms. The van der Waals surface area contributed by atoms with Gasteiger partial charge in [0, 0.05) is 12.5 Å². The maximum absolute atomic E-state index is 11.9. The number of ether oxygens (including phenoxy) is 1. The Morgan fingerprint density at radius 3 is 2.61 bits per heavy atom. The molecule has 0 saturated heterocycles. The van der Waals surface area contributed by atoms with E-state index in [4.69, 9.17) is 9.88 Å². The van der Waals surface area contributed by atoms with Gasteiger partial charge in [-0.1, -0.05) is 30.3 Å². The van der Waals surface area contributed by atoms with Gasteiger partial charge in [0.2, 0.25) is 10.0 Å². The minimum Gasteiger partial charge on any atom is -0.495 e. The summed E-state index contributed by atoms with van der Waals surface area (Å²) in [5, 5.41) is 8.78. The fourth-order valence-electron chi connectivity index (χ4n) is 3.10. The largest absolute Gasteiger partial charge is 0.495 e. The molecule has 0 radical (unpaired) electrons. The van der Waals surface area contributed by atoms with Crippen LogP contribution in [0.3, 0.4) is 0 Å². The molecule has 0 bridgehead atoms. The molecular weight excluding hydrogens is 312 g/mol. The SMILES string of the molecule is COc1cc2c(cc1S(N)(=O)=O)C(c1ccccc1)CNCC2. The number of rotatable bonds is 3. The number of primary sulfonamides is 1. The third kappa shape index (κ3) is 3.24. The number of fused-ring (bicyclic) bond motifs is 1. The van der Waals surface area contributed by atoms with Gasteiger partial charge in [0.25, 0.3) is 0 Å². The molecule has 3 rings (SSSR count). The van der Waals surface area contributed by atoms with Gasteiger partial charge in [-0.05, 0) is 41.8 Å². The van der Waals surface area contributed by atoms with E-state index in [1.54, 1.807) is 12.1 Å². The van der Waals surface area contributed by atoms with Crippen molar-refractivity contribution >= 4 is 10.0 Å². The number of methoxy groups -OCH3 is 1.